The van der Waals surface area contributed by atoms with Crippen LogP contribution in [0.1, 0.15) is 48.4 Å². The first-order chi connectivity index (χ1) is 36.0. The van der Waals surface area contributed by atoms with Gasteiger partial charge in [0.2, 0.25) is 10.3 Å². The molecule has 0 amide bonds. The van der Waals surface area contributed by atoms with Gasteiger partial charge in [0.1, 0.15) is 11.5 Å². The molecular formula is C49H46Cl2F6N8O9S2. The van der Waals surface area contributed by atoms with Crippen LogP contribution in [-0.2, 0) is 73.4 Å². The van der Waals surface area contributed by atoms with Crippen LogP contribution in [0.4, 0.5) is 26.3 Å². The highest BCUT2D eigenvalue weighted by Gasteiger charge is 2.33. The number of imidazole rings is 2. The van der Waals surface area contributed by atoms with E-state index in [9.17, 15) is 59.0 Å². The number of aliphatic hydroxyl groups is 1. The van der Waals surface area contributed by atoms with Crippen molar-refractivity contribution in [2.24, 2.45) is 14.1 Å². The number of fused-ring (bicyclic) bond motifs is 2. The number of aromatic nitrogens is 8. The Morgan fingerprint density at radius 1 is 0.566 bits per heavy atom. The molecule has 0 aliphatic rings. The molecule has 0 radical (unpaired) electrons. The molecule has 0 fully saturated rings. The van der Waals surface area contributed by atoms with Gasteiger partial charge in [-0.2, -0.15) is 0 Å². The number of rotatable bonds is 18. The molecule has 0 aliphatic carbocycles. The van der Waals surface area contributed by atoms with E-state index in [2.05, 4.69) is 19.4 Å². The highest BCUT2D eigenvalue weighted by molar-refractivity contribution is 7.84. The average Bonchev–Trinajstić information content (AvgIpc) is 3.93. The minimum absolute atomic E-state index is 0.00622. The molecule has 1 N–H and O–H groups in total. The summed E-state index contributed by atoms with van der Waals surface area (Å²) in [4.78, 5) is 61.4. The molecule has 2 unspecified atom stereocenters. The van der Waals surface area contributed by atoms with Crippen LogP contribution in [0.15, 0.2) is 127 Å². The second-order valence-electron chi connectivity index (χ2n) is 17.0. The second kappa shape index (κ2) is 24.0. The molecule has 76 heavy (non-hydrogen) atoms. The Kier molecular flexibility index (Phi) is 18.0. The number of aryl methyl sites for hydroxylation is 2. The maximum absolute atomic E-state index is 13.6. The summed E-state index contributed by atoms with van der Waals surface area (Å²) in [5.74, 6) is -1.33. The summed E-state index contributed by atoms with van der Waals surface area (Å²) < 4.78 is 118. The van der Waals surface area contributed by atoms with Gasteiger partial charge >= 0.3 is 24.1 Å². The summed E-state index contributed by atoms with van der Waals surface area (Å²) in [6, 6.07) is 23.8. The van der Waals surface area contributed by atoms with Gasteiger partial charge in [0, 0.05) is 43.8 Å². The minimum atomic E-state index is -4.88. The maximum atomic E-state index is 13.6. The van der Waals surface area contributed by atoms with Crippen molar-refractivity contribution in [1.29, 1.82) is 0 Å². The number of ether oxygens (including phenoxy) is 2. The number of hydrogen-bond acceptors (Lipinski definition) is 11. The van der Waals surface area contributed by atoms with Crippen LogP contribution < -0.4 is 32.0 Å². The molecular weight excluding hydrogens is 1090 g/mol. The zero-order chi connectivity index (χ0) is 55.2. The lowest BCUT2D eigenvalue weighted by atomic mass is 10.2. The first-order valence-electron chi connectivity index (χ1n) is 22.9. The number of alkyl halides is 6. The van der Waals surface area contributed by atoms with Crippen LogP contribution in [-0.4, -0.2) is 70.2 Å². The fourth-order valence-corrected chi connectivity index (χ4v) is 10.6. The molecule has 0 spiro atoms. The lowest BCUT2D eigenvalue weighted by Gasteiger charge is -2.12. The van der Waals surface area contributed by atoms with E-state index in [0.29, 0.717) is 27.6 Å². The summed E-state index contributed by atoms with van der Waals surface area (Å²) in [5.41, 5.74) is -0.178. The third-order valence-corrected chi connectivity index (χ3v) is 14.6. The lowest BCUT2D eigenvalue weighted by molar-refractivity contribution is -0.275. The smallest absolute Gasteiger partial charge is 0.406 e. The van der Waals surface area contributed by atoms with E-state index in [4.69, 9.17) is 23.2 Å². The van der Waals surface area contributed by atoms with E-state index >= 15 is 0 Å². The van der Waals surface area contributed by atoms with E-state index < -0.39 is 68.3 Å². The van der Waals surface area contributed by atoms with Crippen molar-refractivity contribution < 1.29 is 49.3 Å². The molecule has 8 aromatic rings. The van der Waals surface area contributed by atoms with Crippen LogP contribution in [0.2, 0.25) is 10.0 Å². The molecule has 27 heteroatoms. The molecule has 4 heterocycles. The number of hydrogen-bond donors (Lipinski definition) is 1. The fourth-order valence-electron chi connectivity index (χ4n) is 7.92. The van der Waals surface area contributed by atoms with Gasteiger partial charge in [0.15, 0.2) is 22.3 Å². The van der Waals surface area contributed by atoms with E-state index in [1.54, 1.807) is 48.5 Å². The van der Waals surface area contributed by atoms with Crippen molar-refractivity contribution in [3.8, 4) is 11.5 Å². The van der Waals surface area contributed by atoms with Gasteiger partial charge in [0.05, 0.1) is 46.2 Å². The second-order valence-corrected chi connectivity index (χ2v) is 20.5. The van der Waals surface area contributed by atoms with Crippen LogP contribution in [0.5, 0.6) is 11.5 Å². The average molecular weight is 1140 g/mol. The lowest BCUT2D eigenvalue weighted by Crippen LogP contribution is -2.40. The number of unbranched alkanes of at least 4 members (excludes halogenated alkanes) is 1. The van der Waals surface area contributed by atoms with Crippen molar-refractivity contribution in [1.82, 2.24) is 37.4 Å². The number of halogens is 8. The van der Waals surface area contributed by atoms with Crippen LogP contribution in [0, 0.1) is 0 Å². The molecule has 0 aliphatic heterocycles. The third kappa shape index (κ3) is 13.6. The number of benzene rings is 4. The molecule has 0 saturated carbocycles. The van der Waals surface area contributed by atoms with Crippen molar-refractivity contribution in [3.63, 3.8) is 0 Å². The summed E-state index contributed by atoms with van der Waals surface area (Å²) in [7, 11) is -0.932. The molecule has 0 bridgehead atoms. The molecule has 404 valence electrons. The molecule has 8 rings (SSSR count). The summed E-state index contributed by atoms with van der Waals surface area (Å²) >= 11 is 12.0. The zero-order valence-electron chi connectivity index (χ0n) is 40.4. The van der Waals surface area contributed by atoms with Crippen molar-refractivity contribution in [3.05, 3.63) is 171 Å². The van der Waals surface area contributed by atoms with Gasteiger partial charge in [-0.3, -0.25) is 36.3 Å². The SMILES string of the molecule is CCCCn1c(=O)c2c(nc(S(=O)Cc3cccc(OC(F)(F)F)c3)n2Cc2ccc(Cl)cc2)n(C)c1=O.Cn1c(=O)n(CCCO)c(=O)c2c1nc(S(=O)Cc1cccc(OC(F)(F)F)c1)n2Cc1ccc(Cl)cc1. The topological polar surface area (TPSA) is 196 Å². The normalized spacial score (nSPS) is 12.7. The van der Waals surface area contributed by atoms with E-state index in [-0.39, 0.29) is 88.9 Å². The Hall–Kier alpha value is -6.80. The Morgan fingerprint density at radius 2 is 0.947 bits per heavy atom. The van der Waals surface area contributed by atoms with Gasteiger partial charge in [0.25, 0.3) is 11.1 Å². The van der Waals surface area contributed by atoms with Crippen LogP contribution >= 0.6 is 23.2 Å². The predicted molar refractivity (Wildman–Crippen MR) is 273 cm³/mol. The van der Waals surface area contributed by atoms with Gasteiger partial charge in [-0.15, -0.1) is 26.3 Å². The Balaban J connectivity index is 0.000000221. The van der Waals surface area contributed by atoms with Gasteiger partial charge in [-0.05, 0) is 83.6 Å². The Bertz CT molecular complexity index is 3460. The maximum Gasteiger partial charge on any atom is 0.573 e. The Labute approximate surface area is 442 Å². The third-order valence-electron chi connectivity index (χ3n) is 11.4. The van der Waals surface area contributed by atoms with Crippen molar-refractivity contribution >= 4 is 67.1 Å². The molecule has 0 saturated heterocycles. The monoisotopic (exact) mass is 1140 g/mol. The van der Waals surface area contributed by atoms with Gasteiger partial charge in [-0.1, -0.05) is 85.1 Å². The molecule has 4 aromatic heterocycles. The predicted octanol–water partition coefficient (Wildman–Crippen LogP) is 7.79. The highest BCUT2D eigenvalue weighted by Crippen LogP contribution is 2.28. The van der Waals surface area contributed by atoms with E-state index in [1.165, 1.54) is 52.1 Å². The first kappa shape index (κ1) is 56.9. The summed E-state index contributed by atoms with van der Waals surface area (Å²) in [5, 5.41) is 10.2. The van der Waals surface area contributed by atoms with E-state index in [1.807, 2.05) is 6.92 Å². The quantitative estimate of drug-likeness (QED) is 0.0824. The van der Waals surface area contributed by atoms with Gasteiger partial charge in [-0.25, -0.2) is 19.6 Å². The molecule has 4 aromatic carbocycles. The Morgan fingerprint density at radius 3 is 1.30 bits per heavy atom. The first-order valence-corrected chi connectivity index (χ1v) is 26.3. The molecule has 2 atom stereocenters. The fraction of sp³-hybridized carbons (Fsp3) is 0.306. The van der Waals surface area contributed by atoms with Gasteiger partial charge < -0.3 is 23.7 Å². The zero-order valence-corrected chi connectivity index (χ0v) is 43.6. The number of aliphatic hydroxyl groups excluding tert-OH is 1. The van der Waals surface area contributed by atoms with Crippen LogP contribution in [0.3, 0.4) is 0 Å². The largest absolute Gasteiger partial charge is 0.573 e. The number of nitrogens with zero attached hydrogens (tertiary/aromatic N) is 8. The minimum Gasteiger partial charge on any atom is -0.406 e. The van der Waals surface area contributed by atoms with E-state index in [0.717, 1.165) is 50.0 Å². The summed E-state index contributed by atoms with van der Waals surface area (Å²) in [6.07, 6.45) is -8.20. The summed E-state index contributed by atoms with van der Waals surface area (Å²) in [6.45, 7) is 2.05. The van der Waals surface area contributed by atoms with Crippen LogP contribution in [0.25, 0.3) is 22.3 Å². The van der Waals surface area contributed by atoms with Crippen molar-refractivity contribution in [2.75, 3.05) is 6.61 Å². The highest BCUT2D eigenvalue weighted by atomic mass is 35.5. The molecule has 17 nitrogen and oxygen atoms in total. The standard InChI is InChI=1S/C25H24ClF3N4O4S.C24H22ClF3N4O5S/c1-3-4-12-32-22(34)20-21(31(2)24(32)35)30-23(33(20)14-16-8-10-18(26)11-9-16)38(36)15-17-6-5-7-19(13-17)37-25(27,28)29;1-30-20-19(21(34)31(23(30)35)10-3-11-33)32(13-15-6-8-17(25)9-7-15)22(29-20)38(36)14-16-4-2-5-18(12-16)37-24(26,27)28/h5-11,13H,3-4,12,14-15H2,1-2H3;2,4-9,12,33H,3,10-11,13-14H2,1H3. The van der Waals surface area contributed by atoms with Crippen molar-refractivity contribution in [2.45, 2.75) is 86.9 Å².